The Kier molecular flexibility index (Phi) is 12.9. The number of hydrogen-bond donors (Lipinski definition) is 0. The smallest absolute Gasteiger partial charge is 0.206 e. The molecule has 0 radical (unpaired) electrons. The van der Waals surface area contributed by atoms with E-state index in [1.165, 1.54) is 17.4 Å². The summed E-state index contributed by atoms with van der Waals surface area (Å²) in [6.45, 7) is 25.3. The van der Waals surface area contributed by atoms with E-state index in [2.05, 4.69) is 57.1 Å². The third-order valence-corrected chi connectivity index (χ3v) is 12.8. The van der Waals surface area contributed by atoms with Gasteiger partial charge in [-0.1, -0.05) is 59.8 Å². The summed E-state index contributed by atoms with van der Waals surface area (Å²) < 4.78 is 44.9. The minimum atomic E-state index is -0.545. The van der Waals surface area contributed by atoms with Gasteiger partial charge in [-0.2, -0.15) is 5.26 Å². The fraction of sp³-hybridized carbons (Fsp3) is 0.581. The van der Waals surface area contributed by atoms with Crippen LogP contribution in [-0.2, 0) is 9.47 Å². The van der Waals surface area contributed by atoms with Gasteiger partial charge in [0.15, 0.2) is 5.83 Å². The maximum absolute atomic E-state index is 17.4. The average Bonchev–Trinajstić information content (AvgIpc) is 3.78. The first-order valence-electron chi connectivity index (χ1n) is 19.1. The maximum Gasteiger partial charge on any atom is 0.206 e. The van der Waals surface area contributed by atoms with Crippen molar-refractivity contribution in [1.29, 1.82) is 5.26 Å². The molecule has 1 aliphatic carbocycles. The lowest BCUT2D eigenvalue weighted by atomic mass is 9.89. The number of benzene rings is 1. The fourth-order valence-electron chi connectivity index (χ4n) is 8.70. The van der Waals surface area contributed by atoms with Crippen molar-refractivity contribution in [2.75, 3.05) is 40.0 Å². The Morgan fingerprint density at radius 3 is 2.56 bits per heavy atom. The zero-order valence-corrected chi connectivity index (χ0v) is 33.6. The van der Waals surface area contributed by atoms with E-state index in [9.17, 15) is 5.26 Å². The van der Waals surface area contributed by atoms with Gasteiger partial charge in [-0.15, -0.1) is 11.3 Å². The van der Waals surface area contributed by atoms with E-state index in [1.54, 1.807) is 19.3 Å². The summed E-state index contributed by atoms with van der Waals surface area (Å²) in [5.41, 5.74) is 2.77. The molecule has 0 bridgehead atoms. The van der Waals surface area contributed by atoms with E-state index in [1.807, 2.05) is 26.8 Å². The molecule has 3 heterocycles. The zero-order chi connectivity index (χ0) is 37.9. The van der Waals surface area contributed by atoms with Gasteiger partial charge in [0.1, 0.15) is 24.2 Å². The monoisotopic (exact) mass is 732 g/mol. The summed E-state index contributed by atoms with van der Waals surface area (Å²) in [5, 5.41) is 10.7. The van der Waals surface area contributed by atoms with Crippen LogP contribution in [0.25, 0.3) is 15.7 Å². The van der Waals surface area contributed by atoms with Crippen LogP contribution in [0.5, 0.6) is 0 Å². The van der Waals surface area contributed by atoms with Crippen LogP contribution < -0.4 is 0 Å². The third kappa shape index (κ3) is 7.95. The minimum absolute atomic E-state index is 0.0133. The Morgan fingerprint density at radius 1 is 1.17 bits per heavy atom. The van der Waals surface area contributed by atoms with Crippen molar-refractivity contribution in [3.05, 3.63) is 75.7 Å². The molecular weight excluding hydrogens is 675 g/mol. The Bertz CT molecular complexity index is 1810. The molecule has 52 heavy (non-hydrogen) atoms. The molecule has 1 aromatic carbocycles. The number of methoxy groups -OCH3 is 1. The number of ether oxygens (including phenoxy) is 2. The average molecular weight is 733 g/mol. The van der Waals surface area contributed by atoms with Crippen molar-refractivity contribution >= 4 is 32.7 Å². The molecule has 0 spiro atoms. The van der Waals surface area contributed by atoms with E-state index < -0.39 is 11.6 Å². The standard InChI is InChI=1S/C43H58F2N4O2S/c1-11-49(37(27(4)5)18-13-26(2)3)29(8)32-14-15-34(33-16-17-36(44)42-38(33)35(22-46)41(52-42)28(6)7)39(45)40(32)47-30(9)51-25-43-19-12-20-48(43)23-31(21-43)24-50-10/h14-17,26-28,31,37H,9,11-13,18-21,23-25H2,1-8,10H3/b32-29+,47-40+. The number of halogens is 2. The second-order valence-electron chi connectivity index (χ2n) is 16.0. The minimum Gasteiger partial charge on any atom is -0.476 e. The van der Waals surface area contributed by atoms with Gasteiger partial charge in [0, 0.05) is 53.3 Å². The third-order valence-electron chi connectivity index (χ3n) is 11.3. The van der Waals surface area contributed by atoms with E-state index in [-0.39, 0.29) is 34.7 Å². The Hall–Kier alpha value is -3.32. The van der Waals surface area contributed by atoms with Crippen LogP contribution in [0.15, 0.2) is 58.8 Å². The van der Waals surface area contributed by atoms with Gasteiger partial charge in [0.05, 0.1) is 22.4 Å². The van der Waals surface area contributed by atoms with Gasteiger partial charge >= 0.3 is 0 Å². The summed E-state index contributed by atoms with van der Waals surface area (Å²) in [5.74, 6) is 0.604. The molecule has 282 valence electrons. The van der Waals surface area contributed by atoms with Gasteiger partial charge < -0.3 is 14.4 Å². The van der Waals surface area contributed by atoms with Crippen molar-refractivity contribution < 1.29 is 18.3 Å². The summed E-state index contributed by atoms with van der Waals surface area (Å²) in [7, 11) is 1.75. The van der Waals surface area contributed by atoms with E-state index in [0.29, 0.717) is 51.1 Å². The lowest BCUT2D eigenvalue weighted by molar-refractivity contribution is 0.0723. The highest BCUT2D eigenvalue weighted by atomic mass is 32.1. The van der Waals surface area contributed by atoms with Gasteiger partial charge in [-0.3, -0.25) is 4.90 Å². The number of hydrogen-bond acceptors (Lipinski definition) is 7. The topological polar surface area (TPSA) is 61.1 Å². The van der Waals surface area contributed by atoms with Crippen LogP contribution in [0.4, 0.5) is 8.78 Å². The second-order valence-corrected chi connectivity index (χ2v) is 17.0. The van der Waals surface area contributed by atoms with Crippen LogP contribution in [-0.4, -0.2) is 67.1 Å². The Balaban J connectivity index is 1.61. The van der Waals surface area contributed by atoms with Crippen LogP contribution in [0.2, 0.25) is 0 Å². The van der Waals surface area contributed by atoms with E-state index in [0.717, 1.165) is 68.9 Å². The number of nitrogens with zero attached hydrogens (tertiary/aromatic N) is 4. The Labute approximate surface area is 314 Å². The number of nitriles is 1. The molecule has 3 atom stereocenters. The molecular formula is C43H58F2N4O2S. The number of fused-ring (bicyclic) bond motifs is 2. The molecule has 0 saturated carbocycles. The van der Waals surface area contributed by atoms with Crippen molar-refractivity contribution in [1.82, 2.24) is 9.80 Å². The van der Waals surface area contributed by atoms with Crippen LogP contribution in [0.1, 0.15) is 109 Å². The first-order chi connectivity index (χ1) is 24.8. The summed E-state index contributed by atoms with van der Waals surface area (Å²) in [6.07, 6.45) is 8.91. The van der Waals surface area contributed by atoms with Gasteiger partial charge in [0.2, 0.25) is 5.88 Å². The molecule has 0 N–H and O–H groups in total. The molecule has 2 saturated heterocycles. The molecule has 5 rings (SSSR count). The fourth-order valence-corrected chi connectivity index (χ4v) is 9.89. The van der Waals surface area contributed by atoms with E-state index in [4.69, 9.17) is 14.5 Å². The normalized spacial score (nSPS) is 23.0. The molecule has 3 unspecified atom stereocenters. The molecule has 9 heteroatoms. The first-order valence-corrected chi connectivity index (χ1v) is 19.9. The molecule has 2 fully saturated rings. The lowest BCUT2D eigenvalue weighted by Crippen LogP contribution is -2.42. The molecule has 2 aromatic rings. The first kappa shape index (κ1) is 39.9. The number of thiophene rings is 1. The lowest BCUT2D eigenvalue weighted by Gasteiger charge is -2.38. The quantitative estimate of drug-likeness (QED) is 0.171. The molecule has 6 nitrogen and oxygen atoms in total. The number of rotatable bonds is 15. The van der Waals surface area contributed by atoms with E-state index >= 15 is 8.78 Å². The predicted octanol–water partition coefficient (Wildman–Crippen LogP) is 10.8. The molecule has 2 aliphatic heterocycles. The summed E-state index contributed by atoms with van der Waals surface area (Å²) >= 11 is 1.27. The van der Waals surface area contributed by atoms with Crippen LogP contribution in [0, 0.1) is 34.9 Å². The maximum atomic E-state index is 17.4. The summed E-state index contributed by atoms with van der Waals surface area (Å²) in [6, 6.07) is 5.52. The number of allylic oxidation sites excluding steroid dienone is 6. The second kappa shape index (κ2) is 16.8. The highest BCUT2D eigenvalue weighted by molar-refractivity contribution is 7.19. The molecule has 0 amide bonds. The van der Waals surface area contributed by atoms with Crippen LogP contribution in [0.3, 0.4) is 0 Å². The number of aliphatic imine (C=N–C) groups is 1. The van der Waals surface area contributed by atoms with Gasteiger partial charge in [-0.05, 0) is 94.4 Å². The highest BCUT2D eigenvalue weighted by Gasteiger charge is 2.49. The van der Waals surface area contributed by atoms with Crippen molar-refractivity contribution in [3.63, 3.8) is 0 Å². The molecule has 3 aliphatic rings. The van der Waals surface area contributed by atoms with Gasteiger partial charge in [0.25, 0.3) is 0 Å². The zero-order valence-electron chi connectivity index (χ0n) is 32.7. The van der Waals surface area contributed by atoms with Crippen LogP contribution >= 0.6 is 11.3 Å². The largest absolute Gasteiger partial charge is 0.476 e. The highest BCUT2D eigenvalue weighted by Crippen LogP contribution is 2.44. The SMILES string of the molecule is C=C(/N=C1/C(F)=C(c2ccc(F)c3sc(C(C)C)c(C#N)c23)C=C/C1=C(/C)N(CC)C(CCC(C)C)C(C)C)OCC12CCCN1CC(COC)C2. The van der Waals surface area contributed by atoms with Crippen molar-refractivity contribution in [2.45, 2.75) is 105 Å². The Morgan fingerprint density at radius 2 is 1.92 bits per heavy atom. The van der Waals surface area contributed by atoms with Crippen molar-refractivity contribution in [3.8, 4) is 6.07 Å². The molecule has 1 aromatic heterocycles. The summed E-state index contributed by atoms with van der Waals surface area (Å²) in [4.78, 5) is 10.5. The van der Waals surface area contributed by atoms with Crippen molar-refractivity contribution in [2.24, 2.45) is 22.7 Å². The predicted molar refractivity (Wildman–Crippen MR) is 212 cm³/mol. The van der Waals surface area contributed by atoms with Gasteiger partial charge in [-0.25, -0.2) is 13.8 Å².